The lowest BCUT2D eigenvalue weighted by atomic mass is 10.1. The third kappa shape index (κ3) is 4.44. The molecule has 1 saturated heterocycles. The van der Waals surface area contributed by atoms with Gasteiger partial charge in [0.1, 0.15) is 5.70 Å². The van der Waals surface area contributed by atoms with Crippen LogP contribution >= 0.6 is 0 Å². The van der Waals surface area contributed by atoms with E-state index in [2.05, 4.69) is 5.32 Å². The maximum absolute atomic E-state index is 13.4. The van der Waals surface area contributed by atoms with Gasteiger partial charge in [-0.3, -0.25) is 9.59 Å². The van der Waals surface area contributed by atoms with Crippen LogP contribution in [0.1, 0.15) is 28.8 Å². The maximum atomic E-state index is 13.4. The summed E-state index contributed by atoms with van der Waals surface area (Å²) in [7, 11) is 6.43. The number of para-hydroxylation sites is 1. The molecule has 0 aliphatic carbocycles. The second-order valence-corrected chi connectivity index (χ2v) is 8.14. The number of carbonyl (C=O) groups is 2. The number of rotatable bonds is 7. The average Bonchev–Trinajstić information content (AvgIpc) is 3.51. The molecule has 178 valence electrons. The second kappa shape index (κ2) is 9.91. The molecule has 0 bridgehead atoms. The summed E-state index contributed by atoms with van der Waals surface area (Å²) in [6.45, 7) is 1.34. The van der Waals surface area contributed by atoms with E-state index in [0.717, 1.165) is 29.3 Å². The quantitative estimate of drug-likeness (QED) is 0.542. The summed E-state index contributed by atoms with van der Waals surface area (Å²) >= 11 is 0. The fourth-order valence-electron chi connectivity index (χ4n) is 4.29. The molecule has 0 atom stereocenters. The van der Waals surface area contributed by atoms with E-state index in [1.165, 1.54) is 21.3 Å². The molecule has 0 spiro atoms. The molecule has 3 aromatic rings. The third-order valence-electron chi connectivity index (χ3n) is 6.03. The van der Waals surface area contributed by atoms with Gasteiger partial charge in [-0.05, 0) is 37.1 Å². The molecule has 0 unspecified atom stereocenters. The molecule has 1 aliphatic rings. The van der Waals surface area contributed by atoms with Gasteiger partial charge in [-0.15, -0.1) is 0 Å². The number of hydrogen-bond acceptors (Lipinski definition) is 5. The lowest BCUT2D eigenvalue weighted by Gasteiger charge is -2.19. The van der Waals surface area contributed by atoms with Gasteiger partial charge in [-0.2, -0.15) is 0 Å². The molecule has 8 heteroatoms. The Bertz CT molecular complexity index is 1230. The number of aryl methyl sites for hydroxylation is 1. The number of methoxy groups -OCH3 is 3. The molecule has 1 aromatic heterocycles. The Morgan fingerprint density at radius 2 is 1.62 bits per heavy atom. The van der Waals surface area contributed by atoms with Gasteiger partial charge in [0.05, 0.1) is 21.3 Å². The van der Waals surface area contributed by atoms with E-state index in [4.69, 9.17) is 14.2 Å². The average molecular weight is 464 g/mol. The molecule has 1 fully saturated rings. The number of likely N-dealkylation sites (tertiary alicyclic amines) is 1. The first-order chi connectivity index (χ1) is 16.5. The van der Waals surface area contributed by atoms with Crippen LogP contribution in [0, 0.1) is 0 Å². The Hall–Kier alpha value is -3.94. The normalized spacial score (nSPS) is 13.8. The number of fused-ring (bicyclic) bond motifs is 1. The largest absolute Gasteiger partial charge is 0.493 e. The van der Waals surface area contributed by atoms with E-state index in [-0.39, 0.29) is 17.2 Å². The number of benzene rings is 2. The minimum atomic E-state index is -0.446. The summed E-state index contributed by atoms with van der Waals surface area (Å²) in [5.41, 5.74) is 2.40. The van der Waals surface area contributed by atoms with Gasteiger partial charge in [-0.1, -0.05) is 18.2 Å². The molecule has 0 radical (unpaired) electrons. The molecule has 4 rings (SSSR count). The highest BCUT2D eigenvalue weighted by molar-refractivity contribution is 6.07. The number of amides is 2. The van der Waals surface area contributed by atoms with Crippen molar-refractivity contribution in [3.63, 3.8) is 0 Å². The Morgan fingerprint density at radius 3 is 2.24 bits per heavy atom. The number of nitrogens with zero attached hydrogens (tertiary/aromatic N) is 2. The Morgan fingerprint density at radius 1 is 0.971 bits per heavy atom. The van der Waals surface area contributed by atoms with Crippen LogP contribution in [-0.4, -0.2) is 55.7 Å². The maximum Gasteiger partial charge on any atom is 0.270 e. The summed E-state index contributed by atoms with van der Waals surface area (Å²) in [6, 6.07) is 11.1. The predicted molar refractivity (Wildman–Crippen MR) is 130 cm³/mol. The molecule has 2 aromatic carbocycles. The molecule has 1 N–H and O–H groups in total. The highest BCUT2D eigenvalue weighted by Crippen LogP contribution is 2.38. The van der Waals surface area contributed by atoms with Crippen molar-refractivity contribution in [2.75, 3.05) is 34.4 Å². The van der Waals surface area contributed by atoms with Gasteiger partial charge in [-0.25, -0.2) is 0 Å². The van der Waals surface area contributed by atoms with Crippen molar-refractivity contribution < 1.29 is 23.8 Å². The van der Waals surface area contributed by atoms with Gasteiger partial charge in [0, 0.05) is 48.4 Å². The standard InChI is InChI=1S/C26H29N3O5/c1-28-16-18(19-9-5-6-10-21(19)28)13-20(26(31)29-11-7-8-12-29)27-25(30)17-14-22(32-2)24(34-4)23(15-17)33-3/h5-6,9-10,13-16H,7-8,11-12H2,1-4H3,(H,27,30)/b20-13-. The SMILES string of the molecule is COc1cc(C(=O)N/C(=C\c2cn(C)c3ccccc23)C(=O)N2CCCC2)cc(OC)c1OC. The van der Waals surface area contributed by atoms with Gasteiger partial charge >= 0.3 is 0 Å². The number of carbonyl (C=O) groups excluding carboxylic acids is 2. The number of nitrogens with one attached hydrogen (secondary N) is 1. The first-order valence-electron chi connectivity index (χ1n) is 11.1. The fourth-order valence-corrected chi connectivity index (χ4v) is 4.29. The van der Waals surface area contributed by atoms with E-state index < -0.39 is 5.91 Å². The number of ether oxygens (including phenoxy) is 3. The van der Waals surface area contributed by atoms with Gasteiger partial charge in [0.2, 0.25) is 5.75 Å². The van der Waals surface area contributed by atoms with E-state index in [1.54, 1.807) is 23.1 Å². The molecule has 1 aliphatic heterocycles. The van der Waals surface area contributed by atoms with E-state index >= 15 is 0 Å². The molecule has 2 heterocycles. The fraction of sp³-hybridized carbons (Fsp3) is 0.308. The highest BCUT2D eigenvalue weighted by atomic mass is 16.5. The van der Waals surface area contributed by atoms with Crippen LogP contribution in [0.15, 0.2) is 48.3 Å². The zero-order valence-electron chi connectivity index (χ0n) is 19.9. The van der Waals surface area contributed by atoms with E-state index in [1.807, 2.05) is 42.1 Å². The lowest BCUT2D eigenvalue weighted by molar-refractivity contribution is -0.126. The summed E-state index contributed by atoms with van der Waals surface area (Å²) in [5, 5.41) is 3.84. The molecular formula is C26H29N3O5. The van der Waals surface area contributed by atoms with Crippen molar-refractivity contribution in [2.45, 2.75) is 12.8 Å². The highest BCUT2D eigenvalue weighted by Gasteiger charge is 2.25. The van der Waals surface area contributed by atoms with E-state index in [0.29, 0.717) is 30.3 Å². The molecule has 0 saturated carbocycles. The molecule has 8 nitrogen and oxygen atoms in total. The van der Waals surface area contributed by atoms with Crippen molar-refractivity contribution in [3.8, 4) is 17.2 Å². The molecule has 34 heavy (non-hydrogen) atoms. The predicted octanol–water partition coefficient (Wildman–Crippen LogP) is 3.60. The summed E-state index contributed by atoms with van der Waals surface area (Å²) in [5.74, 6) is 0.459. The summed E-state index contributed by atoms with van der Waals surface area (Å²) in [6.07, 6.45) is 5.61. The molecular weight excluding hydrogens is 434 g/mol. The van der Waals surface area contributed by atoms with Crippen LogP contribution in [0.25, 0.3) is 17.0 Å². The van der Waals surface area contributed by atoms with Crippen LogP contribution in [0.2, 0.25) is 0 Å². The molecule has 2 amide bonds. The monoisotopic (exact) mass is 463 g/mol. The van der Waals surface area contributed by atoms with Crippen molar-refractivity contribution in [2.24, 2.45) is 7.05 Å². The van der Waals surface area contributed by atoms with Gasteiger partial charge in [0.25, 0.3) is 11.8 Å². The zero-order chi connectivity index (χ0) is 24.2. The van der Waals surface area contributed by atoms with Crippen molar-refractivity contribution >= 4 is 28.8 Å². The Labute approximate surface area is 198 Å². The van der Waals surface area contributed by atoms with Crippen molar-refractivity contribution in [1.29, 1.82) is 0 Å². The number of hydrogen-bond donors (Lipinski definition) is 1. The van der Waals surface area contributed by atoms with Gasteiger partial charge < -0.3 is 29.0 Å². The first kappa shape index (κ1) is 23.2. The minimum Gasteiger partial charge on any atom is -0.493 e. The smallest absolute Gasteiger partial charge is 0.270 e. The Kier molecular flexibility index (Phi) is 6.77. The topological polar surface area (TPSA) is 82.0 Å². The van der Waals surface area contributed by atoms with Crippen LogP contribution < -0.4 is 19.5 Å². The van der Waals surface area contributed by atoms with Crippen molar-refractivity contribution in [1.82, 2.24) is 14.8 Å². The van der Waals surface area contributed by atoms with Crippen molar-refractivity contribution in [3.05, 3.63) is 59.4 Å². The minimum absolute atomic E-state index is 0.203. The van der Waals surface area contributed by atoms with Crippen LogP contribution in [0.4, 0.5) is 0 Å². The van der Waals surface area contributed by atoms with Crippen LogP contribution in [0.5, 0.6) is 17.2 Å². The Balaban J connectivity index is 1.74. The van der Waals surface area contributed by atoms with Gasteiger partial charge in [0.15, 0.2) is 11.5 Å². The van der Waals surface area contributed by atoms with Crippen LogP contribution in [0.3, 0.4) is 0 Å². The number of aromatic nitrogens is 1. The summed E-state index contributed by atoms with van der Waals surface area (Å²) < 4.78 is 18.1. The summed E-state index contributed by atoms with van der Waals surface area (Å²) in [4.78, 5) is 28.4. The van der Waals surface area contributed by atoms with Crippen LogP contribution in [-0.2, 0) is 11.8 Å². The lowest BCUT2D eigenvalue weighted by Crippen LogP contribution is -2.36. The van der Waals surface area contributed by atoms with E-state index in [9.17, 15) is 9.59 Å². The third-order valence-corrected chi connectivity index (χ3v) is 6.03. The zero-order valence-corrected chi connectivity index (χ0v) is 19.9. The second-order valence-electron chi connectivity index (χ2n) is 8.14. The first-order valence-corrected chi connectivity index (χ1v) is 11.1.